The van der Waals surface area contributed by atoms with Crippen LogP contribution in [-0.2, 0) is 9.36 Å². The number of Topliss-reactive ketones (excluding diaryl/α,β-unsaturated/α-hetero) is 1. The Hall–Kier alpha value is -0.180. The molecular weight excluding hydrogens is 239 g/mol. The summed E-state index contributed by atoms with van der Waals surface area (Å²) in [6, 6.07) is 0. The molecule has 2 unspecified atom stereocenters. The van der Waals surface area contributed by atoms with Crippen LogP contribution in [0.1, 0.15) is 46.5 Å². The van der Waals surface area contributed by atoms with Crippen LogP contribution in [0.2, 0.25) is 0 Å². The maximum Gasteiger partial charge on any atom is 0.325 e. The first-order valence-corrected chi connectivity index (χ1v) is 8.00. The lowest BCUT2D eigenvalue weighted by Gasteiger charge is -2.34. The lowest BCUT2D eigenvalue weighted by Crippen LogP contribution is -2.28. The van der Waals surface area contributed by atoms with Gasteiger partial charge in [0.2, 0.25) is 0 Å². The summed E-state index contributed by atoms with van der Waals surface area (Å²) in [5.74, 6) is 0.782. The predicted molar refractivity (Wildman–Crippen MR) is 66.8 cm³/mol. The van der Waals surface area contributed by atoms with Crippen molar-refractivity contribution in [3.8, 4) is 0 Å². The molecule has 2 atom stereocenters. The van der Waals surface area contributed by atoms with Gasteiger partial charge in [-0.2, -0.15) is 0 Å². The van der Waals surface area contributed by atoms with Crippen LogP contribution in [0.4, 0.5) is 0 Å². The third-order valence-electron chi connectivity index (χ3n) is 4.09. The lowest BCUT2D eigenvalue weighted by atomic mass is 9.71. The Morgan fingerprint density at radius 1 is 1.41 bits per heavy atom. The fraction of sp³-hybridized carbons (Fsp3) is 0.917. The van der Waals surface area contributed by atoms with Crippen LogP contribution in [0.25, 0.3) is 0 Å². The van der Waals surface area contributed by atoms with Gasteiger partial charge in [-0.05, 0) is 30.6 Å². The predicted octanol–water partition coefficient (Wildman–Crippen LogP) is 2.59. The number of hydrogen-bond acceptors (Lipinski definition) is 2. The normalized spacial score (nSPS) is 26.5. The number of carbonyl (C=O) groups excluding carboxylic acids is 1. The second-order valence-electron chi connectivity index (χ2n) is 5.88. The Labute approximate surface area is 103 Å². The van der Waals surface area contributed by atoms with Gasteiger partial charge < -0.3 is 9.79 Å². The summed E-state index contributed by atoms with van der Waals surface area (Å²) in [5.41, 5.74) is -0.0131. The van der Waals surface area contributed by atoms with Gasteiger partial charge in [-0.3, -0.25) is 9.36 Å². The molecule has 0 aromatic heterocycles. The maximum atomic E-state index is 11.5. The van der Waals surface area contributed by atoms with Crippen LogP contribution in [-0.4, -0.2) is 21.7 Å². The second-order valence-corrected chi connectivity index (χ2v) is 7.66. The van der Waals surface area contributed by atoms with Gasteiger partial charge in [0.25, 0.3) is 0 Å². The van der Waals surface area contributed by atoms with E-state index in [1.54, 1.807) is 0 Å². The van der Waals surface area contributed by atoms with E-state index in [9.17, 15) is 9.36 Å². The molecule has 0 aromatic carbocycles. The molecule has 2 N–H and O–H groups in total. The highest BCUT2D eigenvalue weighted by Crippen LogP contribution is 2.46. The minimum atomic E-state index is -3.88. The number of carbonyl (C=O) groups is 1. The lowest BCUT2D eigenvalue weighted by molar-refractivity contribution is -0.121. The van der Waals surface area contributed by atoms with Gasteiger partial charge in [0.15, 0.2) is 0 Å². The van der Waals surface area contributed by atoms with Crippen molar-refractivity contribution in [1.29, 1.82) is 0 Å². The van der Waals surface area contributed by atoms with Crippen molar-refractivity contribution < 1.29 is 19.1 Å². The molecule has 17 heavy (non-hydrogen) atoms. The van der Waals surface area contributed by atoms with Gasteiger partial charge in [-0.1, -0.05) is 20.8 Å². The summed E-state index contributed by atoms with van der Waals surface area (Å²) < 4.78 is 10.8. The van der Waals surface area contributed by atoms with Crippen molar-refractivity contribution in [2.45, 2.75) is 46.5 Å². The Balaban J connectivity index is 2.51. The molecule has 0 bridgehead atoms. The highest BCUT2D eigenvalue weighted by molar-refractivity contribution is 7.51. The molecule has 0 aromatic rings. The van der Waals surface area contributed by atoms with Crippen LogP contribution in [0.3, 0.4) is 0 Å². The van der Waals surface area contributed by atoms with Gasteiger partial charge in [-0.15, -0.1) is 0 Å². The van der Waals surface area contributed by atoms with E-state index in [1.807, 2.05) is 6.92 Å². The van der Waals surface area contributed by atoms with Gasteiger partial charge >= 0.3 is 7.60 Å². The van der Waals surface area contributed by atoms with Crippen LogP contribution in [0.15, 0.2) is 0 Å². The maximum absolute atomic E-state index is 11.5. The molecule has 1 aliphatic rings. The topological polar surface area (TPSA) is 74.6 Å². The van der Waals surface area contributed by atoms with E-state index in [4.69, 9.17) is 9.79 Å². The van der Waals surface area contributed by atoms with E-state index in [1.165, 1.54) is 0 Å². The monoisotopic (exact) mass is 262 g/mol. The summed E-state index contributed by atoms with van der Waals surface area (Å²) >= 11 is 0. The highest BCUT2D eigenvalue weighted by Gasteiger charge is 2.40. The zero-order valence-electron chi connectivity index (χ0n) is 10.8. The summed E-state index contributed by atoms with van der Waals surface area (Å²) in [7, 11) is -3.88. The van der Waals surface area contributed by atoms with E-state index >= 15 is 0 Å². The van der Waals surface area contributed by atoms with Crippen molar-refractivity contribution in [1.82, 2.24) is 0 Å². The highest BCUT2D eigenvalue weighted by atomic mass is 31.2. The number of rotatable bonds is 5. The van der Waals surface area contributed by atoms with Crippen LogP contribution in [0, 0.1) is 17.3 Å². The SMILES string of the molecule is CC1C(=O)CCC1C(C)(C)CCCP(=O)(O)O. The molecule has 0 spiro atoms. The standard InChI is InChI=1S/C12H23O4P/c1-9-10(5-6-11(9)13)12(2,3)7-4-8-17(14,15)16/h9-10H,4-8H2,1-3H3,(H2,14,15,16). The Bertz CT molecular complexity index is 331. The number of ketones is 1. The molecule has 0 aliphatic heterocycles. The quantitative estimate of drug-likeness (QED) is 0.747. The summed E-state index contributed by atoms with van der Waals surface area (Å²) in [6.07, 6.45) is 2.82. The number of hydrogen-bond donors (Lipinski definition) is 2. The Kier molecular flexibility index (Phi) is 4.56. The van der Waals surface area contributed by atoms with Crippen molar-refractivity contribution in [3.05, 3.63) is 0 Å². The second kappa shape index (κ2) is 5.21. The average Bonchev–Trinajstić information content (AvgIpc) is 2.45. The zero-order valence-corrected chi connectivity index (χ0v) is 11.7. The van der Waals surface area contributed by atoms with E-state index < -0.39 is 7.60 Å². The van der Waals surface area contributed by atoms with Crippen molar-refractivity contribution in [2.24, 2.45) is 17.3 Å². The van der Waals surface area contributed by atoms with Gasteiger partial charge in [0.05, 0.1) is 0 Å². The third-order valence-corrected chi connectivity index (χ3v) is 4.99. The van der Waals surface area contributed by atoms with E-state index in [0.717, 1.165) is 12.8 Å². The van der Waals surface area contributed by atoms with Gasteiger partial charge in [-0.25, -0.2) is 0 Å². The molecule has 4 nitrogen and oxygen atoms in total. The Morgan fingerprint density at radius 3 is 2.41 bits per heavy atom. The minimum Gasteiger partial charge on any atom is -0.324 e. The molecule has 0 saturated heterocycles. The smallest absolute Gasteiger partial charge is 0.324 e. The molecule has 5 heteroatoms. The Morgan fingerprint density at radius 2 is 2.00 bits per heavy atom. The largest absolute Gasteiger partial charge is 0.325 e. The van der Waals surface area contributed by atoms with Crippen molar-refractivity contribution >= 4 is 13.4 Å². The third kappa shape index (κ3) is 4.20. The van der Waals surface area contributed by atoms with Crippen LogP contribution >= 0.6 is 7.60 Å². The molecule has 0 amide bonds. The fourth-order valence-electron chi connectivity index (χ4n) is 2.99. The average molecular weight is 262 g/mol. The van der Waals surface area contributed by atoms with Crippen molar-refractivity contribution in [2.75, 3.05) is 6.16 Å². The summed E-state index contributed by atoms with van der Waals surface area (Å²) in [6.45, 7) is 6.18. The van der Waals surface area contributed by atoms with E-state index in [2.05, 4.69) is 13.8 Å². The molecule has 1 saturated carbocycles. The minimum absolute atomic E-state index is 0.0131. The molecular formula is C12H23O4P. The van der Waals surface area contributed by atoms with Crippen LogP contribution in [0.5, 0.6) is 0 Å². The fourth-order valence-corrected chi connectivity index (χ4v) is 3.56. The van der Waals surface area contributed by atoms with E-state index in [0.29, 0.717) is 24.5 Å². The first kappa shape index (κ1) is 14.9. The van der Waals surface area contributed by atoms with E-state index in [-0.39, 0.29) is 17.5 Å². The molecule has 0 radical (unpaired) electrons. The summed E-state index contributed by atoms with van der Waals surface area (Å²) in [4.78, 5) is 29.2. The first-order valence-electron chi connectivity index (χ1n) is 6.21. The van der Waals surface area contributed by atoms with Crippen molar-refractivity contribution in [3.63, 3.8) is 0 Å². The summed E-state index contributed by atoms with van der Waals surface area (Å²) in [5, 5.41) is 0. The molecule has 0 heterocycles. The molecule has 100 valence electrons. The zero-order chi connectivity index (χ0) is 13.3. The molecule has 1 aliphatic carbocycles. The van der Waals surface area contributed by atoms with Gasteiger partial charge in [0.1, 0.15) is 5.78 Å². The molecule has 1 rings (SSSR count). The first-order chi connectivity index (χ1) is 7.63. The van der Waals surface area contributed by atoms with Gasteiger partial charge in [0, 0.05) is 18.5 Å². The van der Waals surface area contributed by atoms with Crippen LogP contribution < -0.4 is 0 Å². The molecule has 1 fully saturated rings.